The fraction of sp³-hybridized carbons (Fsp3) is 0.308. The summed E-state index contributed by atoms with van der Waals surface area (Å²) < 4.78 is 5.08. The molecule has 3 heteroatoms. The van der Waals surface area contributed by atoms with Gasteiger partial charge in [-0.25, -0.2) is 0 Å². The summed E-state index contributed by atoms with van der Waals surface area (Å²) in [6.45, 7) is 2.01. The normalized spacial score (nSPS) is 22.2. The maximum atomic E-state index is 11.5. The van der Waals surface area contributed by atoms with Crippen molar-refractivity contribution in [2.75, 3.05) is 7.11 Å². The predicted octanol–water partition coefficient (Wildman–Crippen LogP) is 1.99. The maximum Gasteiger partial charge on any atom is 0.247 e. The molecule has 1 heterocycles. The zero-order chi connectivity index (χ0) is 11.5. The van der Waals surface area contributed by atoms with Gasteiger partial charge < -0.3 is 10.1 Å². The van der Waals surface area contributed by atoms with Gasteiger partial charge in [0.05, 0.1) is 7.11 Å². The second kappa shape index (κ2) is 4.39. The second-order valence-corrected chi connectivity index (χ2v) is 4.02. The van der Waals surface area contributed by atoms with Gasteiger partial charge >= 0.3 is 0 Å². The highest BCUT2D eigenvalue weighted by molar-refractivity contribution is 6.00. The third-order valence-corrected chi connectivity index (χ3v) is 2.65. The van der Waals surface area contributed by atoms with Crippen LogP contribution >= 0.6 is 0 Å². The van der Waals surface area contributed by atoms with Crippen LogP contribution in [-0.2, 0) is 4.79 Å². The summed E-state index contributed by atoms with van der Waals surface area (Å²) in [7, 11) is 1.64. The Hall–Kier alpha value is -1.77. The van der Waals surface area contributed by atoms with Gasteiger partial charge in [-0.2, -0.15) is 0 Å². The molecule has 2 rings (SSSR count). The highest BCUT2D eigenvalue weighted by Crippen LogP contribution is 2.19. The van der Waals surface area contributed by atoms with E-state index in [0.717, 1.165) is 23.3 Å². The van der Waals surface area contributed by atoms with Gasteiger partial charge in [-0.3, -0.25) is 4.79 Å². The van der Waals surface area contributed by atoms with E-state index in [4.69, 9.17) is 4.74 Å². The van der Waals surface area contributed by atoms with Gasteiger partial charge in [0, 0.05) is 11.6 Å². The first-order valence-corrected chi connectivity index (χ1v) is 5.34. The Balaban J connectivity index is 2.19. The van der Waals surface area contributed by atoms with E-state index in [1.54, 1.807) is 7.11 Å². The van der Waals surface area contributed by atoms with Gasteiger partial charge in [0.15, 0.2) is 0 Å². The van der Waals surface area contributed by atoms with Gasteiger partial charge in [0.2, 0.25) is 5.91 Å². The van der Waals surface area contributed by atoms with Gasteiger partial charge in [-0.15, -0.1) is 0 Å². The zero-order valence-corrected chi connectivity index (χ0v) is 9.49. The third-order valence-electron chi connectivity index (χ3n) is 2.65. The SMILES string of the molecule is COc1ccc(/C=C2\CC(C)NC2=O)cc1. The molecule has 84 valence electrons. The molecule has 0 aromatic heterocycles. The molecule has 1 aromatic rings. The molecule has 1 saturated heterocycles. The molecule has 1 aliphatic heterocycles. The minimum Gasteiger partial charge on any atom is -0.497 e. The molecule has 1 aliphatic rings. The molecule has 0 bridgehead atoms. The summed E-state index contributed by atoms with van der Waals surface area (Å²) in [4.78, 5) is 11.5. The molecule has 1 unspecified atom stereocenters. The number of amides is 1. The van der Waals surface area contributed by atoms with E-state index < -0.39 is 0 Å². The van der Waals surface area contributed by atoms with Crippen LogP contribution in [0.1, 0.15) is 18.9 Å². The van der Waals surface area contributed by atoms with Crippen LogP contribution in [0.5, 0.6) is 5.75 Å². The first kappa shape index (κ1) is 10.7. The molecule has 1 aromatic carbocycles. The molecule has 1 amide bonds. The van der Waals surface area contributed by atoms with E-state index >= 15 is 0 Å². The molecule has 1 N–H and O–H groups in total. The van der Waals surface area contributed by atoms with Crippen LogP contribution in [0.25, 0.3) is 6.08 Å². The Kier molecular flexibility index (Phi) is 2.95. The molecule has 1 atom stereocenters. The van der Waals surface area contributed by atoms with Crippen molar-refractivity contribution >= 4 is 12.0 Å². The van der Waals surface area contributed by atoms with Crippen LogP contribution in [0.4, 0.5) is 0 Å². The molecular formula is C13H15NO2. The maximum absolute atomic E-state index is 11.5. The third kappa shape index (κ3) is 2.24. The number of ether oxygens (including phenoxy) is 1. The minimum atomic E-state index is 0.0447. The van der Waals surface area contributed by atoms with E-state index in [9.17, 15) is 4.79 Å². The average Bonchev–Trinajstić information content (AvgIpc) is 2.59. The van der Waals surface area contributed by atoms with E-state index in [0.29, 0.717) is 0 Å². The van der Waals surface area contributed by atoms with Crippen LogP contribution in [0, 0.1) is 0 Å². The lowest BCUT2D eigenvalue weighted by Gasteiger charge is -2.00. The predicted molar refractivity (Wildman–Crippen MR) is 63.2 cm³/mol. The Morgan fingerprint density at radius 2 is 2.06 bits per heavy atom. The van der Waals surface area contributed by atoms with E-state index in [1.165, 1.54) is 0 Å². The lowest BCUT2D eigenvalue weighted by Crippen LogP contribution is -2.21. The van der Waals surface area contributed by atoms with Crippen molar-refractivity contribution < 1.29 is 9.53 Å². The number of carbonyl (C=O) groups is 1. The number of methoxy groups -OCH3 is 1. The Bertz CT molecular complexity index is 420. The summed E-state index contributed by atoms with van der Waals surface area (Å²) in [5.74, 6) is 0.870. The molecule has 1 fully saturated rings. The molecule has 0 saturated carbocycles. The number of nitrogens with one attached hydrogen (secondary N) is 1. The smallest absolute Gasteiger partial charge is 0.247 e. The van der Waals surface area contributed by atoms with Gasteiger partial charge in [0.25, 0.3) is 0 Å². The van der Waals surface area contributed by atoms with Crippen LogP contribution in [-0.4, -0.2) is 19.1 Å². The van der Waals surface area contributed by atoms with Crippen LogP contribution in [0.15, 0.2) is 29.8 Å². The number of rotatable bonds is 2. The Morgan fingerprint density at radius 3 is 2.56 bits per heavy atom. The second-order valence-electron chi connectivity index (χ2n) is 4.02. The number of hydrogen-bond donors (Lipinski definition) is 1. The fourth-order valence-electron chi connectivity index (χ4n) is 1.82. The number of hydrogen-bond acceptors (Lipinski definition) is 2. The number of benzene rings is 1. The van der Waals surface area contributed by atoms with Crippen molar-refractivity contribution in [2.24, 2.45) is 0 Å². The quantitative estimate of drug-likeness (QED) is 0.769. The van der Waals surface area contributed by atoms with Crippen LogP contribution < -0.4 is 10.1 Å². The highest BCUT2D eigenvalue weighted by Gasteiger charge is 2.22. The molecular weight excluding hydrogens is 202 g/mol. The molecule has 0 spiro atoms. The largest absolute Gasteiger partial charge is 0.497 e. The Labute approximate surface area is 95.1 Å². The van der Waals surface area contributed by atoms with Crippen LogP contribution in [0.2, 0.25) is 0 Å². The summed E-state index contributed by atoms with van der Waals surface area (Å²) in [6, 6.07) is 7.92. The lowest BCUT2D eigenvalue weighted by molar-refractivity contribution is -0.116. The standard InChI is InChI=1S/C13H15NO2/c1-9-7-11(13(15)14-9)8-10-3-5-12(16-2)6-4-10/h3-6,8-9H,7H2,1-2H3,(H,14,15)/b11-8+. The highest BCUT2D eigenvalue weighted by atomic mass is 16.5. The van der Waals surface area contributed by atoms with Crippen molar-refractivity contribution in [3.8, 4) is 5.75 Å². The first-order chi connectivity index (χ1) is 7.69. The molecule has 3 nitrogen and oxygen atoms in total. The van der Waals surface area contributed by atoms with Gasteiger partial charge in [-0.1, -0.05) is 12.1 Å². The first-order valence-electron chi connectivity index (χ1n) is 5.34. The summed E-state index contributed by atoms with van der Waals surface area (Å²) in [5, 5.41) is 2.88. The van der Waals surface area contributed by atoms with Crippen molar-refractivity contribution in [1.29, 1.82) is 0 Å². The van der Waals surface area contributed by atoms with Crippen molar-refractivity contribution in [2.45, 2.75) is 19.4 Å². The van der Waals surface area contributed by atoms with E-state index in [1.807, 2.05) is 37.3 Å². The zero-order valence-electron chi connectivity index (χ0n) is 9.49. The molecule has 0 aliphatic carbocycles. The number of carbonyl (C=O) groups excluding carboxylic acids is 1. The topological polar surface area (TPSA) is 38.3 Å². The summed E-state index contributed by atoms with van der Waals surface area (Å²) >= 11 is 0. The monoisotopic (exact) mass is 217 g/mol. The molecule has 0 radical (unpaired) electrons. The van der Waals surface area contributed by atoms with Gasteiger partial charge in [0.1, 0.15) is 5.75 Å². The van der Waals surface area contributed by atoms with Crippen molar-refractivity contribution in [3.05, 3.63) is 35.4 Å². The average molecular weight is 217 g/mol. The van der Waals surface area contributed by atoms with E-state index in [2.05, 4.69) is 5.32 Å². The minimum absolute atomic E-state index is 0.0447. The van der Waals surface area contributed by atoms with Crippen LogP contribution in [0.3, 0.4) is 0 Å². The summed E-state index contributed by atoms with van der Waals surface area (Å²) in [5.41, 5.74) is 1.87. The fourth-order valence-corrected chi connectivity index (χ4v) is 1.82. The van der Waals surface area contributed by atoms with Gasteiger partial charge in [-0.05, 0) is 37.1 Å². The molecule has 16 heavy (non-hydrogen) atoms. The summed E-state index contributed by atoms with van der Waals surface area (Å²) in [6.07, 6.45) is 2.73. The van der Waals surface area contributed by atoms with Crippen molar-refractivity contribution in [3.63, 3.8) is 0 Å². The lowest BCUT2D eigenvalue weighted by atomic mass is 10.1. The Morgan fingerprint density at radius 1 is 1.38 bits per heavy atom. The van der Waals surface area contributed by atoms with Crippen molar-refractivity contribution in [1.82, 2.24) is 5.32 Å². The van der Waals surface area contributed by atoms with E-state index in [-0.39, 0.29) is 11.9 Å².